The molecular formula is C8H9BrClNO3S2. The molecule has 2 rings (SSSR count). The Morgan fingerprint density at radius 3 is 2.75 bits per heavy atom. The molecule has 0 saturated carbocycles. The first-order valence-corrected chi connectivity index (χ1v) is 7.97. The standard InChI is InChI=1S/C8H9BrClNO3S2/c9-8-6(10)3-7(15-8)16(13,14)11-2-1-5(12)4-11/h3,5,12H,1-2,4H2/t5-/m0/s1. The molecule has 0 aromatic carbocycles. The zero-order valence-corrected chi connectivity index (χ0v) is 12.0. The van der Waals surface area contributed by atoms with Crippen LogP contribution in [0.1, 0.15) is 6.42 Å². The molecule has 0 bridgehead atoms. The molecule has 1 aromatic rings. The van der Waals surface area contributed by atoms with Gasteiger partial charge in [-0.15, -0.1) is 11.3 Å². The second-order valence-corrected chi connectivity index (χ2v) is 8.43. The lowest BCUT2D eigenvalue weighted by molar-refractivity contribution is 0.189. The normalized spacial score (nSPS) is 22.8. The molecule has 1 N–H and O–H groups in total. The Bertz CT molecular complexity index is 482. The number of nitrogens with zero attached hydrogens (tertiary/aromatic N) is 1. The third-order valence-corrected chi connectivity index (χ3v) is 7.13. The lowest BCUT2D eigenvalue weighted by Crippen LogP contribution is -2.29. The molecular weight excluding hydrogens is 338 g/mol. The third-order valence-electron chi connectivity index (χ3n) is 2.34. The summed E-state index contributed by atoms with van der Waals surface area (Å²) in [6.45, 7) is 0.520. The molecule has 0 aliphatic carbocycles. The van der Waals surface area contributed by atoms with Gasteiger partial charge in [0, 0.05) is 13.1 Å². The summed E-state index contributed by atoms with van der Waals surface area (Å²) in [5, 5.41) is 9.72. The van der Waals surface area contributed by atoms with Gasteiger partial charge in [0.2, 0.25) is 0 Å². The Labute approximate surface area is 111 Å². The smallest absolute Gasteiger partial charge is 0.252 e. The monoisotopic (exact) mass is 345 g/mol. The van der Waals surface area contributed by atoms with Gasteiger partial charge in [0.05, 0.1) is 14.9 Å². The van der Waals surface area contributed by atoms with Crippen LogP contribution in [0.15, 0.2) is 14.1 Å². The van der Waals surface area contributed by atoms with Gasteiger partial charge in [-0.1, -0.05) is 11.6 Å². The van der Waals surface area contributed by atoms with E-state index >= 15 is 0 Å². The van der Waals surface area contributed by atoms with Crippen molar-refractivity contribution in [3.05, 3.63) is 14.9 Å². The van der Waals surface area contributed by atoms with E-state index in [0.29, 0.717) is 21.8 Å². The van der Waals surface area contributed by atoms with E-state index < -0.39 is 16.1 Å². The van der Waals surface area contributed by atoms with Gasteiger partial charge in [0.1, 0.15) is 4.21 Å². The summed E-state index contributed by atoms with van der Waals surface area (Å²) in [5.74, 6) is 0. The van der Waals surface area contributed by atoms with Crippen molar-refractivity contribution in [1.29, 1.82) is 0 Å². The Balaban J connectivity index is 2.32. The second-order valence-electron chi connectivity index (χ2n) is 3.49. The molecule has 4 nitrogen and oxygen atoms in total. The van der Waals surface area contributed by atoms with Crippen LogP contribution in [0.25, 0.3) is 0 Å². The van der Waals surface area contributed by atoms with Crippen LogP contribution < -0.4 is 0 Å². The summed E-state index contributed by atoms with van der Waals surface area (Å²) < 4.78 is 26.3. The third kappa shape index (κ3) is 2.30. The topological polar surface area (TPSA) is 57.6 Å². The minimum Gasteiger partial charge on any atom is -0.392 e. The fraction of sp³-hybridized carbons (Fsp3) is 0.500. The molecule has 0 radical (unpaired) electrons. The van der Waals surface area contributed by atoms with Crippen LogP contribution in [0, 0.1) is 0 Å². The highest BCUT2D eigenvalue weighted by Gasteiger charge is 2.33. The van der Waals surface area contributed by atoms with Crippen molar-refractivity contribution in [3.63, 3.8) is 0 Å². The minimum atomic E-state index is -3.50. The molecule has 0 amide bonds. The first kappa shape index (κ1) is 12.8. The molecule has 1 aromatic heterocycles. The summed E-state index contributed by atoms with van der Waals surface area (Å²) in [6.07, 6.45) is -0.0758. The molecule has 0 unspecified atom stereocenters. The van der Waals surface area contributed by atoms with Gasteiger partial charge < -0.3 is 5.11 Å². The zero-order chi connectivity index (χ0) is 11.9. The number of hydrogen-bond donors (Lipinski definition) is 1. The zero-order valence-electron chi connectivity index (χ0n) is 8.06. The first-order valence-electron chi connectivity index (χ1n) is 4.54. The van der Waals surface area contributed by atoms with Gasteiger partial charge in [-0.05, 0) is 28.4 Å². The summed E-state index contributed by atoms with van der Waals surface area (Å²) in [5.41, 5.74) is 0. The molecule has 16 heavy (non-hydrogen) atoms. The Morgan fingerprint density at radius 2 is 2.31 bits per heavy atom. The summed E-state index contributed by atoms with van der Waals surface area (Å²) in [4.78, 5) is 0. The fourth-order valence-corrected chi connectivity index (χ4v) is 5.56. The van der Waals surface area contributed by atoms with Crippen molar-refractivity contribution in [1.82, 2.24) is 4.31 Å². The van der Waals surface area contributed by atoms with E-state index in [1.54, 1.807) is 0 Å². The minimum absolute atomic E-state index is 0.162. The number of thiophene rings is 1. The van der Waals surface area contributed by atoms with Gasteiger partial charge in [-0.2, -0.15) is 4.31 Å². The Kier molecular flexibility index (Phi) is 3.63. The number of aliphatic hydroxyl groups is 1. The van der Waals surface area contributed by atoms with Crippen LogP contribution in [0.2, 0.25) is 5.02 Å². The maximum absolute atomic E-state index is 12.1. The van der Waals surface area contributed by atoms with Gasteiger partial charge in [0.25, 0.3) is 10.0 Å². The highest BCUT2D eigenvalue weighted by molar-refractivity contribution is 9.11. The Morgan fingerprint density at radius 1 is 1.62 bits per heavy atom. The van der Waals surface area contributed by atoms with Crippen molar-refractivity contribution < 1.29 is 13.5 Å². The van der Waals surface area contributed by atoms with Gasteiger partial charge in [0.15, 0.2) is 0 Å². The second kappa shape index (κ2) is 4.55. The van der Waals surface area contributed by atoms with Crippen molar-refractivity contribution in [2.24, 2.45) is 0 Å². The Hall–Kier alpha value is 0.340. The van der Waals surface area contributed by atoms with Crippen molar-refractivity contribution in [2.75, 3.05) is 13.1 Å². The van der Waals surface area contributed by atoms with Crippen LogP contribution in [0.4, 0.5) is 0 Å². The van der Waals surface area contributed by atoms with E-state index in [2.05, 4.69) is 15.9 Å². The largest absolute Gasteiger partial charge is 0.392 e. The summed E-state index contributed by atoms with van der Waals surface area (Å²) >= 11 is 10.1. The van der Waals surface area contributed by atoms with E-state index in [-0.39, 0.29) is 10.8 Å². The molecule has 1 fully saturated rings. The van der Waals surface area contributed by atoms with Crippen LogP contribution in [-0.2, 0) is 10.0 Å². The predicted molar refractivity (Wildman–Crippen MR) is 66.4 cm³/mol. The molecule has 2 heterocycles. The van der Waals surface area contributed by atoms with Crippen LogP contribution in [0.3, 0.4) is 0 Å². The lowest BCUT2D eigenvalue weighted by atomic mass is 10.3. The molecule has 1 saturated heterocycles. The quantitative estimate of drug-likeness (QED) is 0.890. The average Bonchev–Trinajstić information content (AvgIpc) is 2.75. The van der Waals surface area contributed by atoms with E-state index in [4.69, 9.17) is 11.6 Å². The number of hydrogen-bond acceptors (Lipinski definition) is 4. The summed E-state index contributed by atoms with van der Waals surface area (Å²) in [6, 6.07) is 1.43. The highest BCUT2D eigenvalue weighted by Crippen LogP contribution is 2.36. The first-order chi connectivity index (χ1) is 7.41. The number of rotatable bonds is 2. The maximum atomic E-state index is 12.1. The predicted octanol–water partition coefficient (Wildman–Crippen LogP) is 1.92. The van der Waals surface area contributed by atoms with E-state index in [9.17, 15) is 13.5 Å². The van der Waals surface area contributed by atoms with Gasteiger partial charge >= 0.3 is 0 Å². The molecule has 1 aliphatic rings. The number of halogens is 2. The van der Waals surface area contributed by atoms with Crippen LogP contribution in [-0.4, -0.2) is 37.0 Å². The number of aliphatic hydroxyl groups excluding tert-OH is 1. The van der Waals surface area contributed by atoms with Gasteiger partial charge in [-0.25, -0.2) is 8.42 Å². The lowest BCUT2D eigenvalue weighted by Gasteiger charge is -2.13. The van der Waals surface area contributed by atoms with Crippen LogP contribution >= 0.6 is 38.9 Å². The van der Waals surface area contributed by atoms with Crippen molar-refractivity contribution in [2.45, 2.75) is 16.7 Å². The SMILES string of the molecule is O=S(=O)(c1cc(Cl)c(Br)s1)N1CC[C@H](O)C1. The van der Waals surface area contributed by atoms with Crippen LogP contribution in [0.5, 0.6) is 0 Å². The fourth-order valence-electron chi connectivity index (χ4n) is 1.51. The molecule has 0 spiro atoms. The van der Waals surface area contributed by atoms with E-state index in [1.165, 1.54) is 10.4 Å². The average molecular weight is 347 g/mol. The number of β-amino-alcohol motifs (C(OH)–C–C–N with tert-alkyl or cyclic N) is 1. The van der Waals surface area contributed by atoms with E-state index in [1.807, 2.05) is 0 Å². The highest BCUT2D eigenvalue weighted by atomic mass is 79.9. The maximum Gasteiger partial charge on any atom is 0.252 e. The molecule has 1 atom stereocenters. The van der Waals surface area contributed by atoms with Crippen molar-refractivity contribution in [3.8, 4) is 0 Å². The molecule has 1 aliphatic heterocycles. The van der Waals surface area contributed by atoms with Gasteiger partial charge in [-0.3, -0.25) is 0 Å². The molecule has 8 heteroatoms. The summed E-state index contributed by atoms with van der Waals surface area (Å²) in [7, 11) is -3.50. The van der Waals surface area contributed by atoms with Crippen molar-refractivity contribution >= 4 is 48.9 Å². The number of sulfonamides is 1. The van der Waals surface area contributed by atoms with E-state index in [0.717, 1.165) is 11.3 Å². The molecule has 90 valence electrons.